The van der Waals surface area contributed by atoms with Crippen molar-refractivity contribution in [3.63, 3.8) is 0 Å². The molecule has 0 saturated carbocycles. The van der Waals surface area contributed by atoms with Crippen LogP contribution < -0.4 is 34.9 Å². The van der Waals surface area contributed by atoms with E-state index in [4.69, 9.17) is 14.9 Å². The van der Waals surface area contributed by atoms with Gasteiger partial charge in [-0.2, -0.15) is 0 Å². The Hall–Kier alpha value is 1.07. The molecular formula is C3H11NNaO4P. The van der Waals surface area contributed by atoms with Gasteiger partial charge in [-0.05, 0) is 0 Å². The van der Waals surface area contributed by atoms with Gasteiger partial charge in [0.2, 0.25) is 0 Å². The van der Waals surface area contributed by atoms with E-state index < -0.39 is 7.60 Å². The summed E-state index contributed by atoms with van der Waals surface area (Å²) in [6.07, 6.45) is -0.367. The van der Waals surface area contributed by atoms with Gasteiger partial charge >= 0.3 is 37.2 Å². The van der Waals surface area contributed by atoms with Crippen LogP contribution in [0.5, 0.6) is 0 Å². The van der Waals surface area contributed by atoms with Gasteiger partial charge in [0.1, 0.15) is 0 Å². The fraction of sp³-hybridized carbons (Fsp3) is 1.00. The zero-order valence-corrected chi connectivity index (χ0v) is 8.71. The van der Waals surface area contributed by atoms with Crippen molar-refractivity contribution >= 4 is 7.60 Å². The Balaban J connectivity index is -0.000000320. The van der Waals surface area contributed by atoms with E-state index in [0.717, 1.165) is 0 Å². The molecule has 58 valence electrons. The van der Waals surface area contributed by atoms with Gasteiger partial charge in [-0.1, -0.05) is 0 Å². The maximum Gasteiger partial charge on any atom is 1.00 e. The Kier molecular flexibility index (Phi) is 9.22. The molecule has 0 aliphatic rings. The minimum atomic E-state index is -3.92. The molecule has 0 rings (SSSR count). The molecule has 10 heavy (non-hydrogen) atoms. The number of hydrogen-bond acceptors (Lipinski definition) is 3. The zero-order chi connectivity index (χ0) is 7.33. The van der Waals surface area contributed by atoms with Crippen LogP contribution >= 0.6 is 7.60 Å². The van der Waals surface area contributed by atoms with Crippen molar-refractivity contribution in [3.8, 4) is 0 Å². The van der Waals surface area contributed by atoms with Gasteiger partial charge in [-0.3, -0.25) is 4.57 Å². The van der Waals surface area contributed by atoms with Gasteiger partial charge in [0.15, 0.2) is 0 Å². The number of aliphatic hydroxyl groups excluding tert-OH is 1. The largest absolute Gasteiger partial charge is 1.00 e. The van der Waals surface area contributed by atoms with Gasteiger partial charge < -0.3 is 21.6 Å². The van der Waals surface area contributed by atoms with E-state index >= 15 is 0 Å². The summed E-state index contributed by atoms with van der Waals surface area (Å²) >= 11 is 0. The number of rotatable bonds is 4. The van der Waals surface area contributed by atoms with Crippen LogP contribution in [0, 0.1) is 0 Å². The summed E-state index contributed by atoms with van der Waals surface area (Å²) in [7, 11) is -3.92. The van der Waals surface area contributed by atoms with Crippen molar-refractivity contribution in [2.75, 3.05) is 19.4 Å². The summed E-state index contributed by atoms with van der Waals surface area (Å²) in [5.41, 5.74) is 0. The Morgan fingerprint density at radius 2 is 2.00 bits per heavy atom. The summed E-state index contributed by atoms with van der Waals surface area (Å²) in [5, 5.41) is 10.5. The van der Waals surface area contributed by atoms with Crippen LogP contribution in [0.4, 0.5) is 0 Å². The maximum atomic E-state index is 10.1. The monoisotopic (exact) mass is 179 g/mol. The van der Waals surface area contributed by atoms with E-state index in [1.54, 1.807) is 0 Å². The number of nitrogens with one attached hydrogen (secondary N) is 1. The molecule has 0 radical (unpaired) electrons. The van der Waals surface area contributed by atoms with Crippen molar-refractivity contribution in [1.29, 1.82) is 0 Å². The predicted octanol–water partition coefficient (Wildman–Crippen LogP) is -4.18. The van der Waals surface area contributed by atoms with E-state index in [1.807, 2.05) is 0 Å². The minimum absolute atomic E-state index is 0. The molecule has 0 atom stereocenters. The molecule has 0 amide bonds. The van der Waals surface area contributed by atoms with Gasteiger partial charge in [0.25, 0.3) is 0 Å². The summed E-state index contributed by atoms with van der Waals surface area (Å²) < 4.78 is 10.1. The third-order valence-electron chi connectivity index (χ3n) is 0.606. The number of hydrogen-bond donors (Lipinski definition) is 4. The molecule has 0 fully saturated rings. The fourth-order valence-electron chi connectivity index (χ4n) is 0.304. The van der Waals surface area contributed by atoms with Crippen molar-refractivity contribution < 1.29 is 50.4 Å². The predicted molar refractivity (Wildman–Crippen MR) is 33.1 cm³/mol. The average Bonchev–Trinajstić information content (AvgIpc) is 1.63. The molecule has 0 saturated heterocycles. The second-order valence-electron chi connectivity index (χ2n) is 1.55. The molecule has 0 aliphatic carbocycles. The quantitative estimate of drug-likeness (QED) is 0.200. The summed E-state index contributed by atoms with van der Waals surface area (Å²) in [6, 6.07) is 0. The van der Waals surface area contributed by atoms with Crippen molar-refractivity contribution in [3.05, 3.63) is 0 Å². The third-order valence-corrected chi connectivity index (χ3v) is 1.24. The standard InChI is InChI=1S/C3H10NO4P.Na.H/c5-2-1-4-3-9(6,7)8;;/h4-5H,1-3H2,(H2,6,7,8);;/q;+1;-1. The minimum Gasteiger partial charge on any atom is -1.00 e. The van der Waals surface area contributed by atoms with Gasteiger partial charge in [-0.15, -0.1) is 0 Å². The second kappa shape index (κ2) is 6.76. The fourth-order valence-corrected chi connectivity index (χ4v) is 0.753. The summed E-state index contributed by atoms with van der Waals surface area (Å²) in [6.45, 7) is 0.102. The second-order valence-corrected chi connectivity index (χ2v) is 3.19. The normalized spacial score (nSPS) is 10.7. The molecule has 0 aromatic carbocycles. The molecule has 0 aromatic rings. The van der Waals surface area contributed by atoms with Crippen LogP contribution in [0.25, 0.3) is 0 Å². The van der Waals surface area contributed by atoms with Gasteiger partial charge in [-0.25, -0.2) is 0 Å². The van der Waals surface area contributed by atoms with Crippen LogP contribution in [0.1, 0.15) is 1.43 Å². The van der Waals surface area contributed by atoms with Crippen LogP contribution in [0.3, 0.4) is 0 Å². The molecule has 0 heterocycles. The van der Waals surface area contributed by atoms with E-state index in [-0.39, 0.29) is 50.4 Å². The first-order valence-electron chi connectivity index (χ1n) is 2.42. The van der Waals surface area contributed by atoms with E-state index in [2.05, 4.69) is 5.32 Å². The molecule has 0 aromatic heterocycles. The number of aliphatic hydroxyl groups is 1. The molecular weight excluding hydrogens is 168 g/mol. The molecule has 0 bridgehead atoms. The Labute approximate surface area is 82.8 Å². The molecule has 7 heteroatoms. The van der Waals surface area contributed by atoms with Crippen LogP contribution in [-0.4, -0.2) is 34.3 Å². The summed E-state index contributed by atoms with van der Waals surface area (Å²) in [4.78, 5) is 16.4. The molecule has 0 spiro atoms. The topological polar surface area (TPSA) is 89.8 Å². The van der Waals surface area contributed by atoms with Gasteiger partial charge in [0, 0.05) is 6.54 Å². The average molecular weight is 179 g/mol. The maximum absolute atomic E-state index is 10.1. The smallest absolute Gasteiger partial charge is 1.00 e. The summed E-state index contributed by atoms with van der Waals surface area (Å²) in [5.74, 6) is 0. The third kappa shape index (κ3) is 11.8. The van der Waals surface area contributed by atoms with Crippen LogP contribution in [0.15, 0.2) is 0 Å². The first-order valence-corrected chi connectivity index (χ1v) is 4.22. The van der Waals surface area contributed by atoms with E-state index in [9.17, 15) is 4.57 Å². The molecule has 0 unspecified atom stereocenters. The Morgan fingerprint density at radius 3 is 2.30 bits per heavy atom. The zero-order valence-electron chi connectivity index (χ0n) is 6.82. The van der Waals surface area contributed by atoms with Crippen molar-refractivity contribution in [2.24, 2.45) is 0 Å². The molecule has 0 aliphatic heterocycles. The molecule has 4 N–H and O–H groups in total. The SMILES string of the molecule is O=P(O)(O)CNCCO.[H-].[Na+]. The van der Waals surface area contributed by atoms with E-state index in [0.29, 0.717) is 0 Å². The van der Waals surface area contributed by atoms with Crippen LogP contribution in [0.2, 0.25) is 0 Å². The Morgan fingerprint density at radius 1 is 1.50 bits per heavy atom. The Bertz CT molecular complexity index is 120. The van der Waals surface area contributed by atoms with E-state index in [1.165, 1.54) is 0 Å². The molecule has 5 nitrogen and oxygen atoms in total. The van der Waals surface area contributed by atoms with Crippen LogP contribution in [-0.2, 0) is 4.57 Å². The first kappa shape index (κ1) is 13.6. The van der Waals surface area contributed by atoms with Crippen molar-refractivity contribution in [1.82, 2.24) is 5.32 Å². The first-order chi connectivity index (χ1) is 4.06. The van der Waals surface area contributed by atoms with Gasteiger partial charge in [0.05, 0.1) is 12.9 Å². The van der Waals surface area contributed by atoms with Crippen molar-refractivity contribution in [2.45, 2.75) is 0 Å².